The Hall–Kier alpha value is -3.00. The molecular weight excluding hydrogens is 363 g/mol. The SMILES string of the molecule is O=C(CN1CCCC[C@H]1c1nnc(-c2ccccc2F)o1)NCc1ccco1. The highest BCUT2D eigenvalue weighted by Crippen LogP contribution is 2.32. The summed E-state index contributed by atoms with van der Waals surface area (Å²) in [6, 6.07) is 9.73. The minimum atomic E-state index is -0.407. The van der Waals surface area contributed by atoms with Gasteiger partial charge in [0.15, 0.2) is 0 Å². The molecule has 0 aliphatic carbocycles. The van der Waals surface area contributed by atoms with Gasteiger partial charge in [-0.05, 0) is 43.7 Å². The zero-order chi connectivity index (χ0) is 19.3. The lowest BCUT2D eigenvalue weighted by Crippen LogP contribution is -2.41. The summed E-state index contributed by atoms with van der Waals surface area (Å²) in [5.41, 5.74) is 0.278. The summed E-state index contributed by atoms with van der Waals surface area (Å²) >= 11 is 0. The molecule has 1 fully saturated rings. The van der Waals surface area contributed by atoms with E-state index in [-0.39, 0.29) is 29.9 Å². The van der Waals surface area contributed by atoms with Gasteiger partial charge < -0.3 is 14.2 Å². The highest BCUT2D eigenvalue weighted by molar-refractivity contribution is 5.78. The predicted molar refractivity (Wildman–Crippen MR) is 98.4 cm³/mol. The van der Waals surface area contributed by atoms with Crippen LogP contribution in [0.25, 0.3) is 11.5 Å². The number of halogens is 1. The molecule has 1 aromatic carbocycles. The van der Waals surface area contributed by atoms with Crippen LogP contribution in [0.2, 0.25) is 0 Å². The summed E-state index contributed by atoms with van der Waals surface area (Å²) in [7, 11) is 0. The number of amides is 1. The second-order valence-electron chi connectivity index (χ2n) is 6.76. The minimum Gasteiger partial charge on any atom is -0.467 e. The second-order valence-corrected chi connectivity index (χ2v) is 6.76. The number of aromatic nitrogens is 2. The van der Waals surface area contributed by atoms with E-state index in [1.807, 2.05) is 11.0 Å². The number of hydrogen-bond acceptors (Lipinski definition) is 6. The van der Waals surface area contributed by atoms with Crippen molar-refractivity contribution in [1.29, 1.82) is 0 Å². The summed E-state index contributed by atoms with van der Waals surface area (Å²) < 4.78 is 25.0. The highest BCUT2D eigenvalue weighted by Gasteiger charge is 2.30. The Bertz CT molecular complexity index is 925. The van der Waals surface area contributed by atoms with Crippen LogP contribution in [0.3, 0.4) is 0 Å². The fourth-order valence-corrected chi connectivity index (χ4v) is 3.41. The van der Waals surface area contributed by atoms with Crippen molar-refractivity contribution >= 4 is 5.91 Å². The molecule has 28 heavy (non-hydrogen) atoms. The number of benzene rings is 1. The molecule has 1 saturated heterocycles. The Morgan fingerprint density at radius 3 is 2.93 bits per heavy atom. The van der Waals surface area contributed by atoms with Crippen LogP contribution in [0.15, 0.2) is 51.5 Å². The van der Waals surface area contributed by atoms with E-state index in [1.165, 1.54) is 6.07 Å². The first-order chi connectivity index (χ1) is 13.7. The van der Waals surface area contributed by atoms with Crippen LogP contribution in [0.4, 0.5) is 4.39 Å². The van der Waals surface area contributed by atoms with Gasteiger partial charge in [0, 0.05) is 0 Å². The quantitative estimate of drug-likeness (QED) is 0.702. The van der Waals surface area contributed by atoms with Crippen molar-refractivity contribution in [2.24, 2.45) is 0 Å². The molecule has 1 N–H and O–H groups in total. The predicted octanol–water partition coefficient (Wildman–Crippen LogP) is 3.31. The van der Waals surface area contributed by atoms with E-state index in [4.69, 9.17) is 8.83 Å². The van der Waals surface area contributed by atoms with Crippen LogP contribution < -0.4 is 5.32 Å². The van der Waals surface area contributed by atoms with Crippen molar-refractivity contribution in [3.8, 4) is 11.5 Å². The lowest BCUT2D eigenvalue weighted by molar-refractivity contribution is -0.123. The second kappa shape index (κ2) is 8.35. The third-order valence-corrected chi connectivity index (χ3v) is 4.83. The van der Waals surface area contributed by atoms with E-state index >= 15 is 0 Å². The maximum Gasteiger partial charge on any atom is 0.250 e. The Labute approximate surface area is 161 Å². The lowest BCUT2D eigenvalue weighted by Gasteiger charge is -2.32. The molecule has 0 saturated carbocycles. The van der Waals surface area contributed by atoms with Crippen LogP contribution in [0.1, 0.15) is 37.0 Å². The van der Waals surface area contributed by atoms with Crippen molar-refractivity contribution in [2.45, 2.75) is 31.8 Å². The van der Waals surface area contributed by atoms with Gasteiger partial charge in [-0.25, -0.2) is 4.39 Å². The van der Waals surface area contributed by atoms with E-state index in [1.54, 1.807) is 30.5 Å². The number of carbonyl (C=O) groups excluding carboxylic acids is 1. The zero-order valence-corrected chi connectivity index (χ0v) is 15.3. The molecule has 0 spiro atoms. The van der Waals surface area contributed by atoms with Gasteiger partial charge in [0.1, 0.15) is 11.6 Å². The third kappa shape index (κ3) is 4.12. The van der Waals surface area contributed by atoms with Crippen molar-refractivity contribution in [3.05, 3.63) is 60.1 Å². The Morgan fingerprint density at radius 2 is 2.11 bits per heavy atom. The van der Waals surface area contributed by atoms with Crippen LogP contribution in [-0.2, 0) is 11.3 Å². The molecule has 7 nitrogen and oxygen atoms in total. The minimum absolute atomic E-state index is 0.0999. The molecule has 1 aliphatic rings. The van der Waals surface area contributed by atoms with E-state index in [0.29, 0.717) is 18.2 Å². The number of rotatable bonds is 6. The van der Waals surface area contributed by atoms with E-state index in [9.17, 15) is 9.18 Å². The van der Waals surface area contributed by atoms with Gasteiger partial charge in [-0.1, -0.05) is 18.6 Å². The number of nitrogens with one attached hydrogen (secondary N) is 1. The molecule has 0 bridgehead atoms. The van der Waals surface area contributed by atoms with Crippen molar-refractivity contribution in [2.75, 3.05) is 13.1 Å². The molecule has 3 aromatic rings. The molecule has 1 atom stereocenters. The molecule has 2 aromatic heterocycles. The number of nitrogens with zero attached hydrogens (tertiary/aromatic N) is 3. The lowest BCUT2D eigenvalue weighted by atomic mass is 10.0. The van der Waals surface area contributed by atoms with Gasteiger partial charge in [-0.15, -0.1) is 10.2 Å². The first-order valence-corrected chi connectivity index (χ1v) is 9.32. The Kier molecular flexibility index (Phi) is 5.48. The van der Waals surface area contributed by atoms with E-state index < -0.39 is 5.82 Å². The first kappa shape index (κ1) is 18.4. The van der Waals surface area contributed by atoms with E-state index in [2.05, 4.69) is 15.5 Å². The maximum absolute atomic E-state index is 14.0. The molecule has 3 heterocycles. The molecule has 0 radical (unpaired) electrons. The molecular formula is C20H21FN4O3. The maximum atomic E-state index is 14.0. The summed E-state index contributed by atoms with van der Waals surface area (Å²) in [5, 5.41) is 11.0. The standard InChI is InChI=1S/C20H21FN4O3/c21-16-8-2-1-7-15(16)19-23-24-20(28-19)17-9-3-4-10-25(17)13-18(26)22-12-14-6-5-11-27-14/h1-2,5-8,11,17H,3-4,9-10,12-13H2,(H,22,26)/t17-/m0/s1. The molecule has 1 aliphatic heterocycles. The number of piperidine rings is 1. The van der Waals surface area contributed by atoms with Crippen molar-refractivity contribution in [1.82, 2.24) is 20.4 Å². The Morgan fingerprint density at radius 1 is 1.21 bits per heavy atom. The zero-order valence-electron chi connectivity index (χ0n) is 15.3. The smallest absolute Gasteiger partial charge is 0.250 e. The average molecular weight is 384 g/mol. The van der Waals surface area contributed by atoms with Crippen LogP contribution in [0.5, 0.6) is 0 Å². The summed E-state index contributed by atoms with van der Waals surface area (Å²) in [4.78, 5) is 14.4. The van der Waals surface area contributed by atoms with Crippen LogP contribution in [-0.4, -0.2) is 34.1 Å². The molecule has 8 heteroatoms. The monoisotopic (exact) mass is 384 g/mol. The van der Waals surface area contributed by atoms with Crippen LogP contribution in [0, 0.1) is 5.82 Å². The number of hydrogen-bond donors (Lipinski definition) is 1. The Balaban J connectivity index is 1.44. The normalized spacial score (nSPS) is 17.5. The first-order valence-electron chi connectivity index (χ1n) is 9.32. The number of furan rings is 1. The topological polar surface area (TPSA) is 84.4 Å². The fraction of sp³-hybridized carbons (Fsp3) is 0.350. The van der Waals surface area contributed by atoms with E-state index in [0.717, 1.165) is 25.8 Å². The summed E-state index contributed by atoms with van der Waals surface area (Å²) in [6.45, 7) is 1.33. The third-order valence-electron chi connectivity index (χ3n) is 4.83. The number of likely N-dealkylation sites (tertiary alicyclic amines) is 1. The van der Waals surface area contributed by atoms with Gasteiger partial charge in [-0.2, -0.15) is 0 Å². The fourth-order valence-electron chi connectivity index (χ4n) is 3.41. The summed E-state index contributed by atoms with van der Waals surface area (Å²) in [6.07, 6.45) is 4.39. The van der Waals surface area contributed by atoms with Gasteiger partial charge in [0.05, 0.1) is 31.0 Å². The molecule has 4 rings (SSSR count). The van der Waals surface area contributed by atoms with Gasteiger partial charge in [-0.3, -0.25) is 9.69 Å². The van der Waals surface area contributed by atoms with Gasteiger partial charge in [0.25, 0.3) is 5.89 Å². The van der Waals surface area contributed by atoms with Gasteiger partial charge in [0.2, 0.25) is 11.8 Å². The number of carbonyl (C=O) groups is 1. The average Bonchev–Trinajstić information content (AvgIpc) is 3.39. The molecule has 146 valence electrons. The van der Waals surface area contributed by atoms with Crippen molar-refractivity contribution in [3.63, 3.8) is 0 Å². The summed E-state index contributed by atoms with van der Waals surface area (Å²) in [5.74, 6) is 0.764. The van der Waals surface area contributed by atoms with Crippen LogP contribution >= 0.6 is 0 Å². The van der Waals surface area contributed by atoms with Crippen molar-refractivity contribution < 1.29 is 18.0 Å². The largest absolute Gasteiger partial charge is 0.467 e. The molecule has 0 unspecified atom stereocenters. The highest BCUT2D eigenvalue weighted by atomic mass is 19.1. The van der Waals surface area contributed by atoms with Gasteiger partial charge >= 0.3 is 0 Å². The molecule has 1 amide bonds.